The molecule has 0 saturated heterocycles. The molecular weight excluding hydrogens is 306 g/mol. The Balaban J connectivity index is 1.84. The molecule has 1 N–H and O–H groups in total. The van der Waals surface area contributed by atoms with Crippen LogP contribution in [0.2, 0.25) is 0 Å². The highest BCUT2D eigenvalue weighted by Crippen LogP contribution is 2.30. The van der Waals surface area contributed by atoms with Crippen LogP contribution in [0.15, 0.2) is 46.9 Å². The summed E-state index contributed by atoms with van der Waals surface area (Å²) in [6.07, 6.45) is 0. The summed E-state index contributed by atoms with van der Waals surface area (Å²) < 4.78 is 0.850. The fraction of sp³-hybridized carbons (Fsp3) is 0.133. The number of nitrogens with zero attached hydrogens (tertiary/aromatic N) is 1. The minimum Gasteiger partial charge on any atom is -0.508 e. The number of hydrogen-bond donors (Lipinski definition) is 1. The molecule has 0 bridgehead atoms. The van der Waals surface area contributed by atoms with Crippen LogP contribution in [-0.2, 0) is 13.1 Å². The summed E-state index contributed by atoms with van der Waals surface area (Å²) in [5.74, 6) is 0.290. The molecule has 0 spiro atoms. The highest BCUT2D eigenvalue weighted by Gasteiger charge is 2.28. The zero-order chi connectivity index (χ0) is 13.4. The van der Waals surface area contributed by atoms with E-state index in [0.29, 0.717) is 13.1 Å². The summed E-state index contributed by atoms with van der Waals surface area (Å²) in [6.45, 7) is 1.19. The van der Waals surface area contributed by atoms with Gasteiger partial charge in [0.15, 0.2) is 0 Å². The third-order valence-corrected chi connectivity index (χ3v) is 3.93. The number of aromatic hydroxyl groups is 1. The van der Waals surface area contributed by atoms with E-state index in [4.69, 9.17) is 0 Å². The van der Waals surface area contributed by atoms with Crippen LogP contribution in [0.3, 0.4) is 0 Å². The number of hydrogen-bond acceptors (Lipinski definition) is 2. The lowest BCUT2D eigenvalue weighted by Crippen LogP contribution is -2.23. The molecule has 4 heteroatoms. The zero-order valence-electron chi connectivity index (χ0n) is 10.1. The number of carbonyl (C=O) groups excluding carboxylic acids is 1. The van der Waals surface area contributed by atoms with Crippen LogP contribution in [-0.4, -0.2) is 15.9 Å². The van der Waals surface area contributed by atoms with E-state index in [1.807, 2.05) is 35.2 Å². The molecular formula is C15H12BrNO2. The van der Waals surface area contributed by atoms with E-state index < -0.39 is 0 Å². The number of phenols is 1. The highest BCUT2D eigenvalue weighted by molar-refractivity contribution is 9.10. The average molecular weight is 318 g/mol. The van der Waals surface area contributed by atoms with Gasteiger partial charge in [0.2, 0.25) is 0 Å². The molecule has 0 aliphatic carbocycles. The summed E-state index contributed by atoms with van der Waals surface area (Å²) in [6, 6.07) is 12.8. The Hall–Kier alpha value is -1.81. The van der Waals surface area contributed by atoms with Crippen molar-refractivity contribution in [2.75, 3.05) is 0 Å². The lowest BCUT2D eigenvalue weighted by atomic mass is 10.1. The van der Waals surface area contributed by atoms with E-state index in [1.165, 1.54) is 0 Å². The second-order valence-electron chi connectivity index (χ2n) is 4.60. The summed E-state index contributed by atoms with van der Waals surface area (Å²) in [4.78, 5) is 14.1. The predicted molar refractivity (Wildman–Crippen MR) is 75.8 cm³/mol. The highest BCUT2D eigenvalue weighted by atomic mass is 79.9. The van der Waals surface area contributed by atoms with E-state index in [9.17, 15) is 9.90 Å². The third kappa shape index (κ3) is 2.24. The van der Waals surface area contributed by atoms with Gasteiger partial charge < -0.3 is 10.0 Å². The number of carbonyl (C=O) groups is 1. The monoisotopic (exact) mass is 317 g/mol. The topological polar surface area (TPSA) is 40.5 Å². The van der Waals surface area contributed by atoms with Gasteiger partial charge in [-0.1, -0.05) is 24.3 Å². The molecule has 0 aromatic heterocycles. The lowest BCUT2D eigenvalue weighted by molar-refractivity contribution is 0.0766. The molecule has 1 amide bonds. The fourth-order valence-corrected chi connectivity index (χ4v) is 2.90. The number of phenolic OH excluding ortho intramolecular Hbond substituents is 1. The molecule has 19 heavy (non-hydrogen) atoms. The molecule has 2 aromatic carbocycles. The molecule has 0 saturated carbocycles. The quantitative estimate of drug-likeness (QED) is 0.923. The van der Waals surface area contributed by atoms with Gasteiger partial charge in [-0.25, -0.2) is 0 Å². The number of halogens is 1. The third-order valence-electron chi connectivity index (χ3n) is 3.27. The minimum atomic E-state index is 0.0514. The van der Waals surface area contributed by atoms with Crippen molar-refractivity contribution in [3.05, 3.63) is 63.6 Å². The lowest BCUT2D eigenvalue weighted by Gasteiger charge is -2.15. The smallest absolute Gasteiger partial charge is 0.255 e. The molecule has 0 atom stereocenters. The molecule has 1 aliphatic heterocycles. The van der Waals surface area contributed by atoms with Crippen LogP contribution in [0, 0.1) is 0 Å². The second-order valence-corrected chi connectivity index (χ2v) is 5.46. The van der Waals surface area contributed by atoms with Gasteiger partial charge in [0.25, 0.3) is 5.91 Å². The Morgan fingerprint density at radius 2 is 1.89 bits per heavy atom. The Labute approximate surface area is 119 Å². The first-order valence-corrected chi connectivity index (χ1v) is 6.79. The van der Waals surface area contributed by atoms with Crippen molar-refractivity contribution in [3.8, 4) is 5.75 Å². The zero-order valence-corrected chi connectivity index (χ0v) is 11.7. The van der Waals surface area contributed by atoms with Gasteiger partial charge in [0.05, 0.1) is 5.56 Å². The van der Waals surface area contributed by atoms with Gasteiger partial charge in [0.1, 0.15) is 5.75 Å². The first-order chi connectivity index (χ1) is 9.15. The van der Waals surface area contributed by atoms with Gasteiger partial charge in [-0.05, 0) is 45.3 Å². The normalized spacial score (nSPS) is 13.7. The summed E-state index contributed by atoms with van der Waals surface area (Å²) in [5.41, 5.74) is 2.83. The Morgan fingerprint density at radius 1 is 1.16 bits per heavy atom. The van der Waals surface area contributed by atoms with Gasteiger partial charge >= 0.3 is 0 Å². The molecule has 3 rings (SSSR count). The van der Waals surface area contributed by atoms with Crippen molar-refractivity contribution < 1.29 is 9.90 Å². The molecule has 1 heterocycles. The number of rotatable bonds is 2. The van der Waals surface area contributed by atoms with Crippen LogP contribution in [0.1, 0.15) is 21.5 Å². The van der Waals surface area contributed by atoms with E-state index >= 15 is 0 Å². The average Bonchev–Trinajstić information content (AvgIpc) is 2.71. The fourth-order valence-electron chi connectivity index (χ4n) is 2.33. The van der Waals surface area contributed by atoms with Crippen LogP contribution in [0.5, 0.6) is 5.75 Å². The van der Waals surface area contributed by atoms with Crippen LogP contribution in [0.25, 0.3) is 0 Å². The van der Waals surface area contributed by atoms with Gasteiger partial charge in [-0.2, -0.15) is 0 Å². The van der Waals surface area contributed by atoms with Crippen molar-refractivity contribution >= 4 is 21.8 Å². The summed E-state index contributed by atoms with van der Waals surface area (Å²) >= 11 is 3.43. The minimum absolute atomic E-state index is 0.0514. The predicted octanol–water partition coefficient (Wildman–Crippen LogP) is 3.31. The van der Waals surface area contributed by atoms with Crippen molar-refractivity contribution in [2.24, 2.45) is 0 Å². The van der Waals surface area contributed by atoms with Crippen molar-refractivity contribution in [1.29, 1.82) is 0 Å². The van der Waals surface area contributed by atoms with E-state index in [1.54, 1.807) is 12.1 Å². The Bertz CT molecular complexity index is 637. The Kier molecular flexibility index (Phi) is 3.03. The summed E-state index contributed by atoms with van der Waals surface area (Å²) in [5, 5.41) is 9.26. The maximum atomic E-state index is 12.3. The maximum absolute atomic E-state index is 12.3. The van der Waals surface area contributed by atoms with Gasteiger partial charge in [0, 0.05) is 17.6 Å². The van der Waals surface area contributed by atoms with E-state index in [-0.39, 0.29) is 11.7 Å². The van der Waals surface area contributed by atoms with Crippen LogP contribution in [0.4, 0.5) is 0 Å². The summed E-state index contributed by atoms with van der Waals surface area (Å²) in [7, 11) is 0. The van der Waals surface area contributed by atoms with Crippen LogP contribution < -0.4 is 0 Å². The van der Waals surface area contributed by atoms with E-state index in [2.05, 4.69) is 15.9 Å². The second kappa shape index (κ2) is 4.70. The van der Waals surface area contributed by atoms with Crippen molar-refractivity contribution in [2.45, 2.75) is 13.1 Å². The molecule has 0 fully saturated rings. The Morgan fingerprint density at radius 3 is 2.58 bits per heavy atom. The molecule has 2 aromatic rings. The first kappa shape index (κ1) is 12.2. The number of fused-ring (bicyclic) bond motifs is 1. The van der Waals surface area contributed by atoms with Crippen molar-refractivity contribution in [1.82, 2.24) is 4.90 Å². The largest absolute Gasteiger partial charge is 0.508 e. The molecule has 0 radical (unpaired) electrons. The van der Waals surface area contributed by atoms with Gasteiger partial charge in [-0.15, -0.1) is 0 Å². The standard InChI is InChI=1S/C15H12BrNO2/c16-13-3-1-2-11-9-17(15(19)14(11)13)8-10-4-6-12(18)7-5-10/h1-7,18H,8-9H2. The first-order valence-electron chi connectivity index (χ1n) is 6.00. The molecule has 0 unspecified atom stereocenters. The van der Waals surface area contributed by atoms with Crippen LogP contribution >= 0.6 is 15.9 Å². The number of benzene rings is 2. The molecule has 1 aliphatic rings. The number of amides is 1. The molecule has 96 valence electrons. The molecule has 3 nitrogen and oxygen atoms in total. The van der Waals surface area contributed by atoms with E-state index in [0.717, 1.165) is 21.2 Å². The van der Waals surface area contributed by atoms with Gasteiger partial charge in [-0.3, -0.25) is 4.79 Å². The SMILES string of the molecule is O=C1c2c(Br)cccc2CN1Cc1ccc(O)cc1. The maximum Gasteiger partial charge on any atom is 0.255 e. The van der Waals surface area contributed by atoms with Crippen molar-refractivity contribution in [3.63, 3.8) is 0 Å².